The van der Waals surface area contributed by atoms with Crippen molar-refractivity contribution in [3.05, 3.63) is 85.1 Å². The highest BCUT2D eigenvalue weighted by molar-refractivity contribution is 5.97. The molecule has 4 aromatic heterocycles. The van der Waals surface area contributed by atoms with Crippen molar-refractivity contribution < 1.29 is 4.39 Å². The van der Waals surface area contributed by atoms with Gasteiger partial charge in [-0.15, -0.1) is 0 Å². The summed E-state index contributed by atoms with van der Waals surface area (Å²) in [7, 11) is 0. The fourth-order valence-electron chi connectivity index (χ4n) is 3.78. The van der Waals surface area contributed by atoms with Gasteiger partial charge in [-0.1, -0.05) is 24.3 Å². The molecule has 6 nitrogen and oxygen atoms in total. The number of aromatic nitrogens is 6. The maximum atomic E-state index is 13.4. The van der Waals surface area contributed by atoms with Crippen LogP contribution < -0.4 is 0 Å². The van der Waals surface area contributed by atoms with Gasteiger partial charge >= 0.3 is 0 Å². The summed E-state index contributed by atoms with van der Waals surface area (Å²) in [5.41, 5.74) is 6.88. The first-order valence-corrected chi connectivity index (χ1v) is 9.76. The van der Waals surface area contributed by atoms with Gasteiger partial charge in [-0.05, 0) is 42.0 Å². The van der Waals surface area contributed by atoms with Crippen LogP contribution in [0.4, 0.5) is 4.39 Å². The van der Waals surface area contributed by atoms with Crippen molar-refractivity contribution >= 4 is 21.9 Å². The van der Waals surface area contributed by atoms with Crippen molar-refractivity contribution in [2.45, 2.75) is 0 Å². The summed E-state index contributed by atoms with van der Waals surface area (Å²) in [5, 5.41) is 8.45. The van der Waals surface area contributed by atoms with Crippen LogP contribution in [0.25, 0.3) is 55.8 Å². The van der Waals surface area contributed by atoms with Crippen molar-refractivity contribution in [3.8, 4) is 33.9 Å². The molecule has 2 N–H and O–H groups in total. The molecule has 0 aliphatic carbocycles. The van der Waals surface area contributed by atoms with Gasteiger partial charge in [0.25, 0.3) is 0 Å². The van der Waals surface area contributed by atoms with Crippen LogP contribution in [-0.4, -0.2) is 30.1 Å². The summed E-state index contributed by atoms with van der Waals surface area (Å²) >= 11 is 0. The normalized spacial score (nSPS) is 11.4. The average molecular weight is 406 g/mol. The molecule has 0 saturated heterocycles. The predicted octanol–water partition coefficient (Wildman–Crippen LogP) is 5.37. The lowest BCUT2D eigenvalue weighted by atomic mass is 10.0. The van der Waals surface area contributed by atoms with E-state index in [1.807, 2.05) is 36.4 Å². The van der Waals surface area contributed by atoms with Crippen molar-refractivity contribution in [2.75, 3.05) is 0 Å². The minimum absolute atomic E-state index is 0.264. The number of benzene rings is 2. The SMILES string of the molecule is Fc1ccc(-c2cccc3[nH]c(-c4n[nH]c5cnc(-c6ccncc6)cc45)nc23)cc1. The van der Waals surface area contributed by atoms with Gasteiger partial charge in [-0.2, -0.15) is 5.10 Å². The van der Waals surface area contributed by atoms with E-state index in [9.17, 15) is 4.39 Å². The lowest BCUT2D eigenvalue weighted by Crippen LogP contribution is -1.85. The van der Waals surface area contributed by atoms with Gasteiger partial charge in [0.05, 0.1) is 28.4 Å². The second-order valence-electron chi connectivity index (χ2n) is 7.22. The second kappa shape index (κ2) is 6.84. The Morgan fingerprint density at radius 1 is 0.839 bits per heavy atom. The minimum Gasteiger partial charge on any atom is -0.337 e. The van der Waals surface area contributed by atoms with Crippen LogP contribution in [0, 0.1) is 5.82 Å². The number of para-hydroxylation sites is 1. The Hall–Kier alpha value is -4.39. The van der Waals surface area contributed by atoms with E-state index in [0.29, 0.717) is 11.5 Å². The zero-order chi connectivity index (χ0) is 20.8. The molecule has 6 aromatic rings. The van der Waals surface area contributed by atoms with E-state index in [4.69, 9.17) is 4.98 Å². The standard InChI is InChI=1S/C24H15FN6/c25-16-6-4-14(5-7-16)17-2-1-3-19-22(17)29-24(28-19)23-18-12-20(15-8-10-26-11-9-15)27-13-21(18)30-31-23/h1-13H,(H,28,29)(H,30,31). The van der Waals surface area contributed by atoms with E-state index in [1.165, 1.54) is 12.1 Å². The zero-order valence-corrected chi connectivity index (χ0v) is 16.2. The van der Waals surface area contributed by atoms with Crippen LogP contribution in [0.2, 0.25) is 0 Å². The first-order chi connectivity index (χ1) is 15.3. The molecule has 0 amide bonds. The first-order valence-electron chi connectivity index (χ1n) is 9.76. The fourth-order valence-corrected chi connectivity index (χ4v) is 3.78. The van der Waals surface area contributed by atoms with Crippen molar-refractivity contribution in [2.24, 2.45) is 0 Å². The predicted molar refractivity (Wildman–Crippen MR) is 118 cm³/mol. The van der Waals surface area contributed by atoms with Gasteiger partial charge in [0, 0.05) is 28.9 Å². The highest BCUT2D eigenvalue weighted by atomic mass is 19.1. The van der Waals surface area contributed by atoms with Crippen molar-refractivity contribution in [3.63, 3.8) is 0 Å². The van der Waals surface area contributed by atoms with Crippen molar-refractivity contribution in [1.82, 2.24) is 30.1 Å². The third-order valence-electron chi connectivity index (χ3n) is 5.32. The molecule has 0 aliphatic heterocycles. The van der Waals surface area contributed by atoms with Gasteiger partial charge in [0.15, 0.2) is 5.82 Å². The number of H-pyrrole nitrogens is 2. The largest absolute Gasteiger partial charge is 0.337 e. The molecule has 7 heteroatoms. The summed E-state index contributed by atoms with van der Waals surface area (Å²) in [5.74, 6) is 0.392. The Morgan fingerprint density at radius 2 is 1.68 bits per heavy atom. The maximum Gasteiger partial charge on any atom is 0.159 e. The van der Waals surface area contributed by atoms with Crippen LogP contribution in [0.1, 0.15) is 0 Å². The van der Waals surface area contributed by atoms with Gasteiger partial charge in [-0.25, -0.2) is 9.37 Å². The molecule has 4 heterocycles. The number of rotatable bonds is 3. The molecule has 0 unspecified atom stereocenters. The molecule has 0 bridgehead atoms. The van der Waals surface area contributed by atoms with E-state index in [0.717, 1.165) is 44.3 Å². The molecule has 0 aliphatic rings. The number of hydrogen-bond donors (Lipinski definition) is 2. The Labute approximate surface area is 175 Å². The molecular weight excluding hydrogens is 391 g/mol. The molecule has 31 heavy (non-hydrogen) atoms. The molecule has 0 fully saturated rings. The fraction of sp³-hybridized carbons (Fsp3) is 0. The van der Waals surface area contributed by atoms with Gasteiger partial charge in [-0.3, -0.25) is 15.1 Å². The van der Waals surface area contributed by atoms with Crippen LogP contribution in [0.5, 0.6) is 0 Å². The lowest BCUT2D eigenvalue weighted by Gasteiger charge is -2.02. The number of fused-ring (bicyclic) bond motifs is 2. The van der Waals surface area contributed by atoms with E-state index in [2.05, 4.69) is 25.1 Å². The monoisotopic (exact) mass is 406 g/mol. The Balaban J connectivity index is 1.51. The third-order valence-corrected chi connectivity index (χ3v) is 5.32. The quantitative estimate of drug-likeness (QED) is 0.414. The second-order valence-corrected chi connectivity index (χ2v) is 7.22. The molecule has 148 valence electrons. The molecule has 0 spiro atoms. The first kappa shape index (κ1) is 17.5. The van der Waals surface area contributed by atoms with E-state index < -0.39 is 0 Å². The summed E-state index contributed by atoms with van der Waals surface area (Å²) in [6.07, 6.45) is 5.26. The van der Waals surface area contributed by atoms with Crippen LogP contribution >= 0.6 is 0 Å². The lowest BCUT2D eigenvalue weighted by molar-refractivity contribution is 0.628. The number of nitrogens with zero attached hydrogens (tertiary/aromatic N) is 4. The zero-order valence-electron chi connectivity index (χ0n) is 16.2. The number of halogens is 1. The summed E-state index contributed by atoms with van der Waals surface area (Å²) in [6.45, 7) is 0. The molecule has 0 radical (unpaired) electrons. The van der Waals surface area contributed by atoms with Gasteiger partial charge in [0.2, 0.25) is 0 Å². The average Bonchev–Trinajstić information content (AvgIpc) is 3.43. The van der Waals surface area contributed by atoms with E-state index in [1.54, 1.807) is 30.7 Å². The smallest absolute Gasteiger partial charge is 0.159 e. The molecule has 0 saturated carbocycles. The molecular formula is C24H15FN6. The van der Waals surface area contributed by atoms with Crippen molar-refractivity contribution in [1.29, 1.82) is 0 Å². The van der Waals surface area contributed by atoms with Crippen LogP contribution in [0.15, 0.2) is 79.3 Å². The maximum absolute atomic E-state index is 13.4. The van der Waals surface area contributed by atoms with Gasteiger partial charge in [0.1, 0.15) is 11.5 Å². The summed E-state index contributed by atoms with van der Waals surface area (Å²) in [4.78, 5) is 16.8. The van der Waals surface area contributed by atoms with E-state index >= 15 is 0 Å². The number of aromatic amines is 2. The topological polar surface area (TPSA) is 83.1 Å². The van der Waals surface area contributed by atoms with E-state index in [-0.39, 0.29) is 5.82 Å². The molecule has 0 atom stereocenters. The Morgan fingerprint density at radius 3 is 2.52 bits per heavy atom. The van der Waals surface area contributed by atoms with Gasteiger partial charge < -0.3 is 4.98 Å². The number of hydrogen-bond acceptors (Lipinski definition) is 4. The third kappa shape index (κ3) is 2.95. The molecule has 6 rings (SSSR count). The van der Waals surface area contributed by atoms with Crippen LogP contribution in [0.3, 0.4) is 0 Å². The highest BCUT2D eigenvalue weighted by Crippen LogP contribution is 2.32. The summed E-state index contributed by atoms with van der Waals surface area (Å²) < 4.78 is 13.4. The Bertz CT molecular complexity index is 1530. The minimum atomic E-state index is -0.264. The summed E-state index contributed by atoms with van der Waals surface area (Å²) in [6, 6.07) is 18.2. The Kier molecular flexibility index (Phi) is 3.86. The number of nitrogens with one attached hydrogen (secondary N) is 2. The highest BCUT2D eigenvalue weighted by Gasteiger charge is 2.16. The van der Waals surface area contributed by atoms with Crippen LogP contribution in [-0.2, 0) is 0 Å². The number of imidazole rings is 1. The number of pyridine rings is 2. The molecule has 2 aromatic carbocycles.